The first-order valence-electron chi connectivity index (χ1n) is 43.5. The predicted molar refractivity (Wildman–Crippen MR) is 589 cm³/mol. The van der Waals surface area contributed by atoms with Crippen LogP contribution in [0.25, 0.3) is 154 Å². The van der Waals surface area contributed by atoms with Gasteiger partial charge in [0.15, 0.2) is 5.58 Å². The van der Waals surface area contributed by atoms with Gasteiger partial charge in [-0.05, 0) is 277 Å². The third-order valence-corrected chi connectivity index (χ3v) is 26.1. The van der Waals surface area contributed by atoms with E-state index in [2.05, 4.69) is 403 Å². The number of hydrogen-bond donors (Lipinski definition) is 2. The van der Waals surface area contributed by atoms with E-state index in [4.69, 9.17) is 22.1 Å². The number of para-hydroxylation sites is 9. The molecule has 14 heteroatoms. The first-order valence-corrected chi connectivity index (χ1v) is 48.5. The van der Waals surface area contributed by atoms with E-state index >= 15 is 0 Å². The Morgan fingerprint density at radius 2 is 0.485 bits per heavy atom. The maximum Gasteiger partial charge on any atom is 0.158 e. The van der Waals surface area contributed by atoms with Crippen molar-refractivity contribution < 1.29 is 22.1 Å². The summed E-state index contributed by atoms with van der Waals surface area (Å²) < 4.78 is 35.6. The van der Waals surface area contributed by atoms with Crippen LogP contribution in [0, 0.1) is 3.57 Å². The van der Waals surface area contributed by atoms with Crippen molar-refractivity contribution in [2.75, 3.05) is 15.5 Å². The molecule has 0 aliphatic carbocycles. The lowest BCUT2D eigenvalue weighted by molar-refractivity contribution is 0.666. The molecular weight excluding hydrogens is 2090 g/mol. The number of furan rings is 5. The molecule has 0 saturated heterocycles. The third-order valence-electron chi connectivity index (χ3n) is 22.7. The quantitative estimate of drug-likeness (QED) is 0.124. The van der Waals surface area contributed by atoms with Gasteiger partial charge in [0.05, 0.1) is 10.2 Å². The highest BCUT2D eigenvalue weighted by molar-refractivity contribution is 14.1. The van der Waals surface area contributed by atoms with Crippen molar-refractivity contribution in [2.24, 2.45) is 0 Å². The highest BCUT2D eigenvalue weighted by Gasteiger charge is 2.17. The molecule has 0 amide bonds. The zero-order valence-corrected chi connectivity index (χ0v) is 82.0. The molecule has 20 aromatic carbocycles. The molecule has 25 rings (SSSR count). The van der Waals surface area contributed by atoms with Crippen molar-refractivity contribution in [2.45, 2.75) is 0 Å². The second-order valence-corrected chi connectivity index (χ2v) is 37.3. The lowest BCUT2D eigenvalue weighted by Crippen LogP contribution is -2.09. The average molecular weight is 2170 g/mol. The standard InChI is InChI=1S/C36H26BrN.2C18H13NO.C12H8BrI.3C12H7BrO/c37-33-19-11-29(12-20-33)32-17-25-36(26-18-32)38(34-21-13-30(14-22-34)27-7-3-1-4-8-27)35-23-15-31(16-24-35)28-9-5-2-6-10-28;1-2-7-13(8-3-1)19-16-11-6-10-15-14-9-4-5-12-17(14)20-18(15)16;1-2-6-13(7-3-1)19-14-10-11-18-16(12-14)15-8-4-5-9-17(15)20-18;13-11-5-1-9(2-6-11)10-3-7-12(14)8-4-10;13-10-6-3-5-9-8-4-1-2-7-11(8)14-12(9)10;13-8-5-6-12-10(7-8)9-3-1-2-4-11(9)14-12;13-8-5-6-10-9-3-1-2-4-11(9)14-12(10)7-8/h1-26H;2*1-12,19H;1-8H;3*1-7H. The lowest BCUT2D eigenvalue weighted by Gasteiger charge is -2.26. The van der Waals surface area contributed by atoms with Gasteiger partial charge in [0.1, 0.15) is 50.2 Å². The second kappa shape index (κ2) is 42.2. The van der Waals surface area contributed by atoms with E-state index in [-0.39, 0.29) is 0 Å². The van der Waals surface area contributed by atoms with Crippen LogP contribution in [0.5, 0.6) is 0 Å². The number of benzene rings is 20. The minimum Gasteiger partial charge on any atom is -0.456 e. The molecule has 0 bridgehead atoms. The molecule has 8 nitrogen and oxygen atoms in total. The van der Waals surface area contributed by atoms with Crippen LogP contribution in [0.3, 0.4) is 0 Å². The summed E-state index contributed by atoms with van der Waals surface area (Å²) in [4.78, 5) is 2.31. The summed E-state index contributed by atoms with van der Waals surface area (Å²) in [5.41, 5.74) is 26.6. The van der Waals surface area contributed by atoms with Gasteiger partial charge in [-0.15, -0.1) is 0 Å². The van der Waals surface area contributed by atoms with E-state index in [1.165, 1.54) is 69.6 Å². The van der Waals surface area contributed by atoms with Crippen LogP contribution in [0.1, 0.15) is 0 Å². The molecule has 5 heterocycles. The number of halogens is 6. The van der Waals surface area contributed by atoms with Crippen molar-refractivity contribution >= 4 is 252 Å². The van der Waals surface area contributed by atoms with Gasteiger partial charge >= 0.3 is 0 Å². The van der Waals surface area contributed by atoms with Gasteiger partial charge in [0, 0.05) is 109 Å². The maximum absolute atomic E-state index is 5.99. The van der Waals surface area contributed by atoms with Gasteiger partial charge in [-0.3, -0.25) is 0 Å². The summed E-state index contributed by atoms with van der Waals surface area (Å²) in [6.07, 6.45) is 0. The molecule has 0 aliphatic heterocycles. The molecular formula is C120H81Br5IN3O5. The fraction of sp³-hybridized carbons (Fsp3) is 0. The topological polar surface area (TPSA) is 93.0 Å². The molecule has 0 radical (unpaired) electrons. The van der Waals surface area contributed by atoms with Crippen molar-refractivity contribution in [1.29, 1.82) is 0 Å². The number of nitrogens with zero attached hydrogens (tertiary/aromatic N) is 1. The Morgan fingerprint density at radius 1 is 0.187 bits per heavy atom. The third kappa shape index (κ3) is 21.2. The van der Waals surface area contributed by atoms with Gasteiger partial charge in [0.2, 0.25) is 0 Å². The Hall–Kier alpha value is -14.1. The summed E-state index contributed by atoms with van der Waals surface area (Å²) in [6.45, 7) is 0. The summed E-state index contributed by atoms with van der Waals surface area (Å²) in [5, 5.41) is 18.4. The fourth-order valence-electron chi connectivity index (χ4n) is 16.2. The van der Waals surface area contributed by atoms with Crippen LogP contribution in [0.2, 0.25) is 0 Å². The van der Waals surface area contributed by atoms with Crippen LogP contribution < -0.4 is 15.5 Å². The molecule has 0 atom stereocenters. The summed E-state index contributed by atoms with van der Waals surface area (Å²) in [5.74, 6) is 0. The average Bonchev–Trinajstić information content (AvgIpc) is 1.65. The Labute approximate surface area is 831 Å². The largest absolute Gasteiger partial charge is 0.456 e. The molecule has 134 heavy (non-hydrogen) atoms. The second-order valence-electron chi connectivity index (χ2n) is 31.5. The minimum atomic E-state index is 0.901. The molecule has 0 spiro atoms. The predicted octanol–water partition coefficient (Wildman–Crippen LogP) is 39.3. The van der Waals surface area contributed by atoms with E-state index in [1.807, 2.05) is 194 Å². The minimum absolute atomic E-state index is 0.901. The fourth-order valence-corrected chi connectivity index (χ4v) is 18.2. The lowest BCUT2D eigenvalue weighted by atomic mass is 10.0. The van der Waals surface area contributed by atoms with Gasteiger partial charge in [-0.25, -0.2) is 0 Å². The van der Waals surface area contributed by atoms with Crippen molar-refractivity contribution in [3.05, 3.63) is 505 Å². The smallest absolute Gasteiger partial charge is 0.158 e. The number of anilines is 7. The van der Waals surface area contributed by atoms with Crippen LogP contribution in [-0.2, 0) is 0 Å². The zero-order chi connectivity index (χ0) is 91.1. The van der Waals surface area contributed by atoms with Gasteiger partial charge in [-0.1, -0.05) is 349 Å². The molecule has 0 unspecified atom stereocenters. The van der Waals surface area contributed by atoms with E-state index in [1.54, 1.807) is 0 Å². The molecule has 2 N–H and O–H groups in total. The zero-order valence-electron chi connectivity index (χ0n) is 71.9. The number of nitrogens with one attached hydrogen (secondary N) is 2. The summed E-state index contributed by atoms with van der Waals surface area (Å²) in [6, 6.07) is 164. The number of rotatable bonds is 11. The maximum atomic E-state index is 5.99. The molecule has 0 saturated carbocycles. The first kappa shape index (κ1) is 89.2. The highest BCUT2D eigenvalue weighted by atomic mass is 127. The normalized spacial score (nSPS) is 10.9. The molecule has 5 aromatic heterocycles. The van der Waals surface area contributed by atoms with Crippen LogP contribution in [0.4, 0.5) is 39.8 Å². The van der Waals surface area contributed by atoms with Gasteiger partial charge in [0.25, 0.3) is 0 Å². The Morgan fingerprint density at radius 3 is 0.948 bits per heavy atom. The Bertz CT molecular complexity index is 8130. The highest BCUT2D eigenvalue weighted by Crippen LogP contribution is 2.42. The van der Waals surface area contributed by atoms with Crippen molar-refractivity contribution in [1.82, 2.24) is 0 Å². The summed E-state index contributed by atoms with van der Waals surface area (Å²) in [7, 11) is 0. The van der Waals surface area contributed by atoms with Crippen LogP contribution >= 0.6 is 102 Å². The van der Waals surface area contributed by atoms with E-state index in [9.17, 15) is 0 Å². The van der Waals surface area contributed by atoms with E-state index in [0.717, 1.165) is 150 Å². The van der Waals surface area contributed by atoms with Gasteiger partial charge in [-0.2, -0.15) is 0 Å². The SMILES string of the molecule is Brc1ccc(-c2ccc(I)cc2)cc1.Brc1ccc(-c2ccc(N(c3ccc(-c4ccccc4)cc3)c3ccc(-c4ccccc4)cc3)cc2)cc1.Brc1ccc2c(c1)oc1ccccc12.Brc1ccc2oc3ccccc3c2c1.Brc1cccc2c1oc1ccccc12.c1ccc(Nc2ccc3oc4ccccc4c3c2)cc1.c1ccc(Nc2cccc3c2oc2ccccc23)cc1. The molecule has 0 aliphatic rings. The number of fused-ring (bicyclic) bond motifs is 15. The Balaban J connectivity index is 0.000000105. The van der Waals surface area contributed by atoms with Crippen molar-refractivity contribution in [3.63, 3.8) is 0 Å². The van der Waals surface area contributed by atoms with Gasteiger partial charge < -0.3 is 37.6 Å². The molecule has 648 valence electrons. The number of hydrogen-bond acceptors (Lipinski definition) is 8. The molecule has 0 fully saturated rings. The Kier molecular flexibility index (Phi) is 28.1. The van der Waals surface area contributed by atoms with Crippen LogP contribution in [0.15, 0.2) is 524 Å². The molecule has 25 aromatic rings. The van der Waals surface area contributed by atoms with Crippen molar-refractivity contribution in [3.8, 4) is 44.5 Å². The van der Waals surface area contributed by atoms with E-state index in [0.29, 0.717) is 0 Å². The first-order chi connectivity index (χ1) is 65.9. The van der Waals surface area contributed by atoms with Crippen LogP contribution in [-0.4, -0.2) is 0 Å². The van der Waals surface area contributed by atoms with E-state index < -0.39 is 0 Å². The summed E-state index contributed by atoms with van der Waals surface area (Å²) >= 11 is 19.6. The monoisotopic (exact) mass is 2170 g/mol.